The summed E-state index contributed by atoms with van der Waals surface area (Å²) >= 11 is 11.8. The van der Waals surface area contributed by atoms with Crippen LogP contribution in [0.2, 0.25) is 10.0 Å². The molecule has 0 bridgehead atoms. The molecule has 1 saturated carbocycles. The molecule has 1 fully saturated rings. The van der Waals surface area contributed by atoms with E-state index in [1.165, 1.54) is 6.08 Å². The monoisotopic (exact) mass is 312 g/mol. The van der Waals surface area contributed by atoms with Gasteiger partial charge in [0.15, 0.2) is 5.78 Å². The SMILES string of the molecule is CCOC(=O)[C@H]1C[C@@H]1C(=O)/C=C/c1cc(Cl)cc(Cl)c1. The number of halogens is 2. The molecule has 1 aromatic rings. The third-order valence-electron chi connectivity index (χ3n) is 3.07. The van der Waals surface area contributed by atoms with Crippen molar-refractivity contribution in [2.45, 2.75) is 13.3 Å². The Morgan fingerprint density at radius 2 is 1.90 bits per heavy atom. The average molecular weight is 313 g/mol. The van der Waals surface area contributed by atoms with E-state index in [0.717, 1.165) is 5.56 Å². The number of esters is 1. The molecule has 0 aliphatic heterocycles. The van der Waals surface area contributed by atoms with Crippen molar-refractivity contribution in [1.82, 2.24) is 0 Å². The molecule has 1 aromatic carbocycles. The van der Waals surface area contributed by atoms with Gasteiger partial charge in [0.25, 0.3) is 0 Å². The van der Waals surface area contributed by atoms with E-state index < -0.39 is 0 Å². The molecule has 0 heterocycles. The Labute approximate surface area is 127 Å². The number of carbonyl (C=O) groups excluding carboxylic acids is 2. The number of hydrogen-bond acceptors (Lipinski definition) is 3. The van der Waals surface area contributed by atoms with Gasteiger partial charge in [0.05, 0.1) is 12.5 Å². The number of benzene rings is 1. The maximum absolute atomic E-state index is 11.9. The number of allylic oxidation sites excluding steroid dienone is 1. The fourth-order valence-electron chi connectivity index (χ4n) is 1.99. The van der Waals surface area contributed by atoms with Gasteiger partial charge in [0.1, 0.15) is 0 Å². The van der Waals surface area contributed by atoms with Crippen LogP contribution in [0.5, 0.6) is 0 Å². The smallest absolute Gasteiger partial charge is 0.309 e. The Bertz CT molecular complexity index is 546. The van der Waals surface area contributed by atoms with Gasteiger partial charge in [-0.05, 0) is 43.2 Å². The van der Waals surface area contributed by atoms with Crippen molar-refractivity contribution in [3.8, 4) is 0 Å². The van der Waals surface area contributed by atoms with E-state index in [1.54, 1.807) is 31.2 Å². The zero-order chi connectivity index (χ0) is 14.7. The molecule has 0 spiro atoms. The van der Waals surface area contributed by atoms with Crippen molar-refractivity contribution >= 4 is 41.0 Å². The van der Waals surface area contributed by atoms with Crippen molar-refractivity contribution in [1.29, 1.82) is 0 Å². The molecule has 0 saturated heterocycles. The van der Waals surface area contributed by atoms with Crippen molar-refractivity contribution in [3.05, 3.63) is 39.9 Å². The van der Waals surface area contributed by atoms with Crippen LogP contribution in [0.25, 0.3) is 6.08 Å². The highest BCUT2D eigenvalue weighted by atomic mass is 35.5. The van der Waals surface area contributed by atoms with Crippen molar-refractivity contribution in [3.63, 3.8) is 0 Å². The summed E-state index contributed by atoms with van der Waals surface area (Å²) in [5.41, 5.74) is 0.754. The summed E-state index contributed by atoms with van der Waals surface area (Å²) in [4.78, 5) is 23.4. The molecule has 20 heavy (non-hydrogen) atoms. The third kappa shape index (κ3) is 3.84. The first-order valence-corrected chi connectivity index (χ1v) is 7.11. The normalized spacial score (nSPS) is 20.9. The summed E-state index contributed by atoms with van der Waals surface area (Å²) in [7, 11) is 0. The Morgan fingerprint density at radius 1 is 1.25 bits per heavy atom. The molecule has 1 aliphatic rings. The summed E-state index contributed by atoms with van der Waals surface area (Å²) < 4.78 is 4.89. The molecule has 0 aromatic heterocycles. The van der Waals surface area contributed by atoms with Crippen LogP contribution < -0.4 is 0 Å². The van der Waals surface area contributed by atoms with E-state index in [9.17, 15) is 9.59 Å². The molecule has 0 amide bonds. The summed E-state index contributed by atoms with van der Waals surface area (Å²) in [6, 6.07) is 5.06. The Kier molecular flexibility index (Phi) is 4.84. The first-order valence-electron chi connectivity index (χ1n) is 6.36. The number of carbonyl (C=O) groups is 2. The van der Waals surface area contributed by atoms with Crippen LogP contribution in [0.15, 0.2) is 24.3 Å². The molecule has 5 heteroatoms. The lowest BCUT2D eigenvalue weighted by Crippen LogP contribution is -2.10. The van der Waals surface area contributed by atoms with E-state index in [4.69, 9.17) is 27.9 Å². The van der Waals surface area contributed by atoms with Gasteiger partial charge < -0.3 is 4.74 Å². The summed E-state index contributed by atoms with van der Waals surface area (Å²) in [6.07, 6.45) is 3.69. The summed E-state index contributed by atoms with van der Waals surface area (Å²) in [5.74, 6) is -0.890. The molecule has 0 unspecified atom stereocenters. The quantitative estimate of drug-likeness (QED) is 0.614. The number of hydrogen-bond donors (Lipinski definition) is 0. The highest BCUT2D eigenvalue weighted by molar-refractivity contribution is 6.34. The highest BCUT2D eigenvalue weighted by Gasteiger charge is 2.47. The van der Waals surface area contributed by atoms with Crippen LogP contribution >= 0.6 is 23.2 Å². The van der Waals surface area contributed by atoms with Gasteiger partial charge in [-0.3, -0.25) is 9.59 Å². The van der Waals surface area contributed by atoms with Gasteiger partial charge in [0.2, 0.25) is 0 Å². The number of rotatable bonds is 5. The largest absolute Gasteiger partial charge is 0.466 e. The van der Waals surface area contributed by atoms with Crippen LogP contribution in [0.3, 0.4) is 0 Å². The Hall–Kier alpha value is -1.32. The van der Waals surface area contributed by atoms with Crippen molar-refractivity contribution < 1.29 is 14.3 Å². The summed E-state index contributed by atoms with van der Waals surface area (Å²) in [6.45, 7) is 2.09. The minimum atomic E-state index is -0.287. The molecular weight excluding hydrogens is 299 g/mol. The molecule has 3 nitrogen and oxygen atoms in total. The molecular formula is C15H14Cl2O3. The van der Waals surface area contributed by atoms with Gasteiger partial charge in [-0.15, -0.1) is 0 Å². The maximum Gasteiger partial charge on any atom is 0.309 e. The second-order valence-corrected chi connectivity index (χ2v) is 5.51. The van der Waals surface area contributed by atoms with Crippen LogP contribution in [-0.2, 0) is 14.3 Å². The first kappa shape index (κ1) is 15.1. The topological polar surface area (TPSA) is 43.4 Å². The van der Waals surface area contributed by atoms with Crippen molar-refractivity contribution in [2.75, 3.05) is 6.61 Å². The van der Waals surface area contributed by atoms with Crippen LogP contribution in [-0.4, -0.2) is 18.4 Å². The first-order chi connectivity index (χ1) is 9.51. The van der Waals surface area contributed by atoms with Crippen LogP contribution in [0, 0.1) is 11.8 Å². The molecule has 0 radical (unpaired) electrons. The average Bonchev–Trinajstić information content (AvgIpc) is 3.15. The molecule has 2 rings (SSSR count). The van der Waals surface area contributed by atoms with Crippen LogP contribution in [0.1, 0.15) is 18.9 Å². The third-order valence-corrected chi connectivity index (χ3v) is 3.51. The maximum atomic E-state index is 11.9. The fourth-order valence-corrected chi connectivity index (χ4v) is 2.54. The van der Waals surface area contributed by atoms with E-state index in [-0.39, 0.29) is 23.6 Å². The number of ketones is 1. The van der Waals surface area contributed by atoms with Gasteiger partial charge in [-0.1, -0.05) is 29.3 Å². The Balaban J connectivity index is 1.95. The summed E-state index contributed by atoms with van der Waals surface area (Å²) in [5, 5.41) is 1.03. The van der Waals surface area contributed by atoms with Gasteiger partial charge in [0, 0.05) is 16.0 Å². The van der Waals surface area contributed by atoms with Gasteiger partial charge >= 0.3 is 5.97 Å². The minimum absolute atomic E-state index is 0.0702. The molecule has 0 N–H and O–H groups in total. The molecule has 1 aliphatic carbocycles. The lowest BCUT2D eigenvalue weighted by Gasteiger charge is -1.99. The van der Waals surface area contributed by atoms with Gasteiger partial charge in [-0.2, -0.15) is 0 Å². The van der Waals surface area contributed by atoms with E-state index >= 15 is 0 Å². The zero-order valence-corrected chi connectivity index (χ0v) is 12.4. The Morgan fingerprint density at radius 3 is 2.50 bits per heavy atom. The van der Waals surface area contributed by atoms with Crippen molar-refractivity contribution in [2.24, 2.45) is 11.8 Å². The zero-order valence-electron chi connectivity index (χ0n) is 10.9. The van der Waals surface area contributed by atoms with Crippen LogP contribution in [0.4, 0.5) is 0 Å². The minimum Gasteiger partial charge on any atom is -0.466 e. The van der Waals surface area contributed by atoms with E-state index in [0.29, 0.717) is 23.1 Å². The highest BCUT2D eigenvalue weighted by Crippen LogP contribution is 2.40. The van der Waals surface area contributed by atoms with E-state index in [1.807, 2.05) is 0 Å². The standard InChI is InChI=1S/C15H14Cl2O3/c1-2-20-15(19)13-8-12(13)14(18)4-3-9-5-10(16)7-11(17)6-9/h3-7,12-13H,2,8H2,1H3/b4-3+/t12-,13-/m0/s1. The predicted molar refractivity (Wildman–Crippen MR) is 78.7 cm³/mol. The molecule has 106 valence electrons. The second-order valence-electron chi connectivity index (χ2n) is 4.64. The fraction of sp³-hybridized carbons (Fsp3) is 0.333. The molecule has 2 atom stereocenters. The predicted octanol–water partition coefficient (Wildman–Crippen LogP) is 3.77. The second kappa shape index (κ2) is 6.42. The van der Waals surface area contributed by atoms with Gasteiger partial charge in [-0.25, -0.2) is 0 Å². The lowest BCUT2D eigenvalue weighted by molar-refractivity contribution is -0.145. The van der Waals surface area contributed by atoms with E-state index in [2.05, 4.69) is 0 Å². The lowest BCUT2D eigenvalue weighted by atomic mass is 10.1. The number of ether oxygens (including phenoxy) is 1.